The van der Waals surface area contributed by atoms with Gasteiger partial charge in [-0.1, -0.05) is 45.0 Å². The molecule has 0 spiro atoms. The van der Waals surface area contributed by atoms with E-state index < -0.39 is 0 Å². The Labute approximate surface area is 235 Å². The molecule has 7 heteroatoms. The Balaban J connectivity index is 1.17. The molecule has 0 N–H and O–H groups in total. The molecule has 1 aliphatic heterocycles. The molecule has 4 heterocycles. The van der Waals surface area contributed by atoms with Crippen molar-refractivity contribution in [3.8, 4) is 11.4 Å². The van der Waals surface area contributed by atoms with Gasteiger partial charge in [0, 0.05) is 62.1 Å². The molecule has 0 saturated carbocycles. The van der Waals surface area contributed by atoms with E-state index >= 15 is 0 Å². The standard InChI is InChI=1S/C33H37N5O2/c1-33(2,3)26-9-7-24(8-10-26)21-35-16-18-36(19-17-35)31(39)23-37-22-30(28-20-27(40-4)11-12-29(28)37)38-15-13-25-6-5-14-34-32(25)38/h5-15,20,22H,16-19,21,23H2,1-4H3. The Morgan fingerprint density at radius 1 is 0.975 bits per heavy atom. The quantitative estimate of drug-likeness (QED) is 0.283. The lowest BCUT2D eigenvalue weighted by molar-refractivity contribution is -0.133. The topological polar surface area (TPSA) is 55.5 Å². The Hall–Kier alpha value is -4.10. The highest BCUT2D eigenvalue weighted by Crippen LogP contribution is 2.31. The molecule has 6 rings (SSSR count). The second-order valence-corrected chi connectivity index (χ2v) is 11.7. The maximum absolute atomic E-state index is 13.5. The van der Waals surface area contributed by atoms with E-state index in [0.29, 0.717) is 6.54 Å². The molecule has 1 amide bonds. The van der Waals surface area contributed by atoms with Crippen molar-refractivity contribution in [3.63, 3.8) is 0 Å². The predicted octanol–water partition coefficient (Wildman–Crippen LogP) is 5.63. The third kappa shape index (κ3) is 5.09. The number of amides is 1. The molecule has 1 aliphatic rings. The first-order valence-electron chi connectivity index (χ1n) is 14.0. The first kappa shape index (κ1) is 26.1. The molecular formula is C33H37N5O2. The molecule has 0 bridgehead atoms. The molecule has 40 heavy (non-hydrogen) atoms. The van der Waals surface area contributed by atoms with Crippen molar-refractivity contribution in [1.29, 1.82) is 0 Å². The molecule has 0 unspecified atom stereocenters. The minimum atomic E-state index is 0.143. The molecule has 7 nitrogen and oxygen atoms in total. The fourth-order valence-electron chi connectivity index (χ4n) is 5.64. The third-order valence-electron chi connectivity index (χ3n) is 8.03. The van der Waals surface area contributed by atoms with E-state index in [4.69, 9.17) is 4.74 Å². The van der Waals surface area contributed by atoms with Crippen LogP contribution in [0.25, 0.3) is 27.6 Å². The van der Waals surface area contributed by atoms with E-state index in [1.54, 1.807) is 7.11 Å². The summed E-state index contributed by atoms with van der Waals surface area (Å²) in [7, 11) is 1.68. The van der Waals surface area contributed by atoms with Gasteiger partial charge in [0.15, 0.2) is 0 Å². The van der Waals surface area contributed by atoms with Crippen LogP contribution in [0.4, 0.5) is 0 Å². The number of carbonyl (C=O) groups excluding carboxylic acids is 1. The maximum atomic E-state index is 13.5. The highest BCUT2D eigenvalue weighted by Gasteiger charge is 2.23. The van der Waals surface area contributed by atoms with E-state index in [0.717, 1.165) is 66.1 Å². The van der Waals surface area contributed by atoms with E-state index in [9.17, 15) is 4.79 Å². The van der Waals surface area contributed by atoms with Gasteiger partial charge in [-0.15, -0.1) is 0 Å². The van der Waals surface area contributed by atoms with Gasteiger partial charge < -0.3 is 14.2 Å². The largest absolute Gasteiger partial charge is 0.497 e. The normalized spacial score (nSPS) is 14.8. The summed E-state index contributed by atoms with van der Waals surface area (Å²) in [5.41, 5.74) is 5.71. The number of nitrogens with zero attached hydrogens (tertiary/aromatic N) is 5. The van der Waals surface area contributed by atoms with Crippen molar-refractivity contribution in [1.82, 2.24) is 23.9 Å². The van der Waals surface area contributed by atoms with Crippen LogP contribution in [0.1, 0.15) is 31.9 Å². The number of fused-ring (bicyclic) bond motifs is 2. The predicted molar refractivity (Wildman–Crippen MR) is 160 cm³/mol. The zero-order valence-electron chi connectivity index (χ0n) is 23.8. The molecule has 2 aromatic carbocycles. The Morgan fingerprint density at radius 3 is 2.48 bits per heavy atom. The number of pyridine rings is 1. The third-order valence-corrected chi connectivity index (χ3v) is 8.03. The van der Waals surface area contributed by atoms with Crippen LogP contribution in [0.3, 0.4) is 0 Å². The molecular weight excluding hydrogens is 498 g/mol. The molecule has 206 valence electrons. The van der Waals surface area contributed by atoms with Gasteiger partial charge in [-0.25, -0.2) is 4.98 Å². The molecule has 0 aliphatic carbocycles. The Morgan fingerprint density at radius 2 is 1.75 bits per heavy atom. The lowest BCUT2D eigenvalue weighted by Crippen LogP contribution is -2.49. The Bertz CT molecular complexity index is 1650. The highest BCUT2D eigenvalue weighted by molar-refractivity contribution is 5.93. The summed E-state index contributed by atoms with van der Waals surface area (Å²) in [4.78, 5) is 22.5. The molecule has 0 radical (unpaired) electrons. The van der Waals surface area contributed by atoms with Crippen molar-refractivity contribution in [3.05, 3.63) is 90.4 Å². The fourth-order valence-corrected chi connectivity index (χ4v) is 5.64. The lowest BCUT2D eigenvalue weighted by atomic mass is 9.87. The zero-order chi connectivity index (χ0) is 27.9. The van der Waals surface area contributed by atoms with E-state index in [2.05, 4.69) is 82.4 Å². The monoisotopic (exact) mass is 535 g/mol. The Kier molecular flexibility index (Phi) is 6.84. The highest BCUT2D eigenvalue weighted by atomic mass is 16.5. The van der Waals surface area contributed by atoms with Gasteiger partial charge in [0.2, 0.25) is 5.91 Å². The van der Waals surface area contributed by atoms with E-state index in [1.165, 1.54) is 11.1 Å². The van der Waals surface area contributed by atoms with Crippen LogP contribution in [0.15, 0.2) is 79.3 Å². The first-order valence-corrected chi connectivity index (χ1v) is 14.0. The summed E-state index contributed by atoms with van der Waals surface area (Å²) in [6.45, 7) is 11.2. The van der Waals surface area contributed by atoms with Gasteiger partial charge in [0.25, 0.3) is 0 Å². The molecule has 3 aromatic heterocycles. The van der Waals surface area contributed by atoms with Crippen molar-refractivity contribution in [2.45, 2.75) is 39.3 Å². The number of benzene rings is 2. The second-order valence-electron chi connectivity index (χ2n) is 11.7. The summed E-state index contributed by atoms with van der Waals surface area (Å²) >= 11 is 0. The SMILES string of the molecule is COc1ccc2c(c1)c(-n1ccc3cccnc31)cn2CC(=O)N1CCN(Cc2ccc(C(C)(C)C)cc2)CC1. The van der Waals surface area contributed by atoms with Crippen molar-refractivity contribution in [2.24, 2.45) is 0 Å². The smallest absolute Gasteiger partial charge is 0.242 e. The average Bonchev–Trinajstić information content (AvgIpc) is 3.54. The lowest BCUT2D eigenvalue weighted by Gasteiger charge is -2.35. The fraction of sp³-hybridized carbons (Fsp3) is 0.333. The average molecular weight is 536 g/mol. The van der Waals surface area contributed by atoms with Crippen LogP contribution in [0.5, 0.6) is 5.75 Å². The summed E-state index contributed by atoms with van der Waals surface area (Å²) in [5.74, 6) is 0.926. The minimum Gasteiger partial charge on any atom is -0.497 e. The van der Waals surface area contributed by atoms with Gasteiger partial charge in [-0.05, 0) is 52.9 Å². The van der Waals surface area contributed by atoms with Crippen molar-refractivity contribution < 1.29 is 9.53 Å². The van der Waals surface area contributed by atoms with Gasteiger partial charge >= 0.3 is 0 Å². The van der Waals surface area contributed by atoms with Crippen LogP contribution in [-0.2, 0) is 23.3 Å². The summed E-state index contributed by atoms with van der Waals surface area (Å²) < 4.78 is 9.67. The van der Waals surface area contributed by atoms with Crippen LogP contribution in [0.2, 0.25) is 0 Å². The molecule has 1 saturated heterocycles. The van der Waals surface area contributed by atoms with Gasteiger partial charge in [0.05, 0.1) is 18.3 Å². The van der Waals surface area contributed by atoms with Crippen molar-refractivity contribution in [2.75, 3.05) is 33.3 Å². The number of ether oxygens (including phenoxy) is 1. The van der Waals surface area contributed by atoms with E-state index in [1.807, 2.05) is 41.6 Å². The number of hydrogen-bond donors (Lipinski definition) is 0. The number of hydrogen-bond acceptors (Lipinski definition) is 4. The minimum absolute atomic E-state index is 0.143. The number of rotatable bonds is 6. The number of aromatic nitrogens is 3. The summed E-state index contributed by atoms with van der Waals surface area (Å²) in [5, 5.41) is 2.10. The van der Waals surface area contributed by atoms with Crippen molar-refractivity contribution >= 4 is 27.8 Å². The van der Waals surface area contributed by atoms with Crippen LogP contribution < -0.4 is 4.74 Å². The van der Waals surface area contributed by atoms with Gasteiger partial charge in [-0.3, -0.25) is 14.3 Å². The van der Waals surface area contributed by atoms with Gasteiger partial charge in [0.1, 0.15) is 17.9 Å². The molecule has 1 fully saturated rings. The summed E-state index contributed by atoms with van der Waals surface area (Å²) in [6, 6.07) is 21.1. The zero-order valence-corrected chi connectivity index (χ0v) is 23.8. The summed E-state index contributed by atoms with van der Waals surface area (Å²) in [6.07, 6.45) is 5.91. The number of piperazine rings is 1. The first-order chi connectivity index (χ1) is 19.3. The van der Waals surface area contributed by atoms with Gasteiger partial charge in [-0.2, -0.15) is 0 Å². The number of methoxy groups -OCH3 is 1. The van der Waals surface area contributed by atoms with Crippen LogP contribution in [0, 0.1) is 0 Å². The molecule has 0 atom stereocenters. The van der Waals surface area contributed by atoms with E-state index in [-0.39, 0.29) is 11.3 Å². The maximum Gasteiger partial charge on any atom is 0.242 e. The van der Waals surface area contributed by atoms with Crippen LogP contribution >= 0.6 is 0 Å². The second kappa shape index (κ2) is 10.5. The number of carbonyl (C=O) groups is 1. The van der Waals surface area contributed by atoms with Crippen LogP contribution in [-0.4, -0.2) is 63.1 Å². The molecule has 5 aromatic rings.